The zero-order valence-corrected chi connectivity index (χ0v) is 9.62. The van der Waals surface area contributed by atoms with Crippen LogP contribution in [0, 0.1) is 0 Å². The van der Waals surface area contributed by atoms with Gasteiger partial charge in [0.15, 0.2) is 10.3 Å². The van der Waals surface area contributed by atoms with Gasteiger partial charge in [0.2, 0.25) is 0 Å². The van der Waals surface area contributed by atoms with Crippen molar-refractivity contribution in [3.8, 4) is 0 Å². The van der Waals surface area contributed by atoms with Crippen LogP contribution in [0.25, 0.3) is 11.0 Å². The summed E-state index contributed by atoms with van der Waals surface area (Å²) in [6.45, 7) is 0. The Labute approximate surface area is 101 Å². The van der Waals surface area contributed by atoms with E-state index in [-0.39, 0.29) is 22.7 Å². The number of rotatable bonds is 0. The van der Waals surface area contributed by atoms with Crippen LogP contribution < -0.4 is 0 Å². The molecule has 0 saturated carbocycles. The molecule has 2 rings (SSSR count). The molecule has 0 aliphatic rings. The van der Waals surface area contributed by atoms with Crippen molar-refractivity contribution in [2.24, 2.45) is 0 Å². The van der Waals surface area contributed by atoms with E-state index < -0.39 is 0 Å². The second-order valence-electron chi connectivity index (χ2n) is 2.30. The third-order valence-electron chi connectivity index (χ3n) is 1.44. The average Bonchev–Trinajstić information content (AvgIpc) is 2.08. The molecule has 2 heterocycles. The van der Waals surface area contributed by atoms with Crippen LogP contribution in [-0.2, 0) is 0 Å². The van der Waals surface area contributed by atoms with Crippen LogP contribution in [0.5, 0.6) is 0 Å². The molecule has 0 aliphatic heterocycles. The molecule has 3 nitrogen and oxygen atoms in total. The molecule has 7 heteroatoms. The van der Waals surface area contributed by atoms with Crippen LogP contribution in [0.3, 0.4) is 0 Å². The summed E-state index contributed by atoms with van der Waals surface area (Å²) >= 11 is 17.0. The lowest BCUT2D eigenvalue weighted by Crippen LogP contribution is -1.87. The quantitative estimate of drug-likeness (QED) is 0.689. The molecule has 0 radical (unpaired) electrons. The van der Waals surface area contributed by atoms with Crippen LogP contribution in [0.4, 0.5) is 0 Å². The summed E-state index contributed by atoms with van der Waals surface area (Å²) in [7, 11) is 0. The van der Waals surface area contributed by atoms with Gasteiger partial charge in [-0.05, 0) is 0 Å². The van der Waals surface area contributed by atoms with Crippen LogP contribution in [0.15, 0.2) is 12.3 Å². The van der Waals surface area contributed by atoms with Crippen molar-refractivity contribution in [3.05, 3.63) is 27.7 Å². The van der Waals surface area contributed by atoms with Crippen molar-refractivity contribution in [2.75, 3.05) is 0 Å². The molecule has 0 N–H and O–H groups in total. The highest BCUT2D eigenvalue weighted by atomic mass is 35.5. The maximum Gasteiger partial charge on any atom is 0.167 e. The van der Waals surface area contributed by atoms with E-state index in [4.69, 9.17) is 34.8 Å². The highest BCUT2D eigenvalue weighted by Crippen LogP contribution is 2.21. The molecule has 0 fully saturated rings. The van der Waals surface area contributed by atoms with Gasteiger partial charge >= 0.3 is 0 Å². The number of halogens is 4. The van der Waals surface area contributed by atoms with Gasteiger partial charge in [-0.15, -0.1) is 12.4 Å². The Bertz CT molecular complexity index is 474. The van der Waals surface area contributed by atoms with E-state index in [9.17, 15) is 0 Å². The molecule has 2 aromatic heterocycles. The fraction of sp³-hybridized carbons (Fsp3) is 0. The Morgan fingerprint density at radius 1 is 0.929 bits per heavy atom. The Morgan fingerprint density at radius 3 is 2.14 bits per heavy atom. The maximum atomic E-state index is 5.67. The van der Waals surface area contributed by atoms with Crippen LogP contribution in [0.1, 0.15) is 0 Å². The Balaban J connectivity index is 0.000000980. The van der Waals surface area contributed by atoms with Crippen LogP contribution >= 0.6 is 47.2 Å². The van der Waals surface area contributed by atoms with Crippen molar-refractivity contribution >= 4 is 58.2 Å². The highest BCUT2D eigenvalue weighted by Gasteiger charge is 2.04. The molecular weight excluding hydrogens is 268 g/mol. The predicted octanol–water partition coefficient (Wildman–Crippen LogP) is 3.41. The minimum Gasteiger partial charge on any atom is -0.242 e. The van der Waals surface area contributed by atoms with E-state index in [0.29, 0.717) is 16.2 Å². The molecule has 0 unspecified atom stereocenters. The molecule has 0 saturated heterocycles. The third-order valence-corrected chi connectivity index (χ3v) is 2.27. The molecular formula is C7H3Cl4N3. The lowest BCUT2D eigenvalue weighted by Gasteiger charge is -1.98. The van der Waals surface area contributed by atoms with Gasteiger partial charge in [-0.25, -0.2) is 15.0 Å². The van der Waals surface area contributed by atoms with E-state index in [1.165, 1.54) is 6.20 Å². The molecule has 2 aromatic rings. The van der Waals surface area contributed by atoms with Gasteiger partial charge in [0.1, 0.15) is 10.7 Å². The van der Waals surface area contributed by atoms with Gasteiger partial charge < -0.3 is 0 Å². The standard InChI is InChI=1S/C7H2Cl3N3.ClH/c8-5-1-3-4(2-11-5)13-7(10)6(9)12-3;/h1-2H;1H. The van der Waals surface area contributed by atoms with Crippen molar-refractivity contribution in [2.45, 2.75) is 0 Å². The molecule has 0 atom stereocenters. The minimum atomic E-state index is 0. The second-order valence-corrected chi connectivity index (χ2v) is 3.40. The number of aromatic nitrogens is 3. The van der Waals surface area contributed by atoms with E-state index in [2.05, 4.69) is 15.0 Å². The lowest BCUT2D eigenvalue weighted by molar-refractivity contribution is 1.25. The number of hydrogen-bond donors (Lipinski definition) is 0. The van der Waals surface area contributed by atoms with Crippen molar-refractivity contribution in [3.63, 3.8) is 0 Å². The van der Waals surface area contributed by atoms with E-state index in [1.807, 2.05) is 0 Å². The summed E-state index contributed by atoms with van der Waals surface area (Å²) in [5.41, 5.74) is 1.15. The topological polar surface area (TPSA) is 38.7 Å². The van der Waals surface area contributed by atoms with Gasteiger partial charge in [0.25, 0.3) is 0 Å². The largest absolute Gasteiger partial charge is 0.242 e. The third kappa shape index (κ3) is 2.17. The number of pyridine rings is 1. The summed E-state index contributed by atoms with van der Waals surface area (Å²) in [4.78, 5) is 11.8. The summed E-state index contributed by atoms with van der Waals surface area (Å²) in [5, 5.41) is 0.676. The van der Waals surface area contributed by atoms with Gasteiger partial charge in [-0.2, -0.15) is 0 Å². The SMILES string of the molecule is Cl.Clc1cc2nc(Cl)c(Cl)nc2cn1. The fourth-order valence-corrected chi connectivity index (χ4v) is 1.31. The monoisotopic (exact) mass is 269 g/mol. The zero-order valence-electron chi connectivity index (χ0n) is 6.54. The predicted molar refractivity (Wildman–Crippen MR) is 59.6 cm³/mol. The molecule has 0 spiro atoms. The molecule has 0 amide bonds. The molecule has 0 aromatic carbocycles. The first-order chi connectivity index (χ1) is 6.16. The smallest absolute Gasteiger partial charge is 0.167 e. The molecule has 0 bridgehead atoms. The van der Waals surface area contributed by atoms with E-state index >= 15 is 0 Å². The number of hydrogen-bond acceptors (Lipinski definition) is 3. The van der Waals surface area contributed by atoms with Gasteiger partial charge in [-0.3, -0.25) is 0 Å². The molecule has 74 valence electrons. The van der Waals surface area contributed by atoms with Gasteiger partial charge in [0.05, 0.1) is 11.7 Å². The Hall–Kier alpha value is -0.350. The normalized spacial score (nSPS) is 9.93. The van der Waals surface area contributed by atoms with E-state index in [1.54, 1.807) is 6.07 Å². The van der Waals surface area contributed by atoms with Gasteiger partial charge in [-0.1, -0.05) is 34.8 Å². The summed E-state index contributed by atoms with van der Waals surface area (Å²) < 4.78 is 0. The Morgan fingerprint density at radius 2 is 1.50 bits per heavy atom. The summed E-state index contributed by atoms with van der Waals surface area (Å²) in [5.74, 6) is 0. The maximum absolute atomic E-state index is 5.67. The first-order valence-corrected chi connectivity index (χ1v) is 4.44. The summed E-state index contributed by atoms with van der Waals surface area (Å²) in [6.07, 6.45) is 1.49. The zero-order chi connectivity index (χ0) is 9.42. The number of fused-ring (bicyclic) bond motifs is 1. The molecule has 14 heavy (non-hydrogen) atoms. The summed E-state index contributed by atoms with van der Waals surface area (Å²) in [6, 6.07) is 1.58. The Kier molecular flexibility index (Phi) is 3.72. The second kappa shape index (κ2) is 4.45. The van der Waals surface area contributed by atoms with Crippen LogP contribution in [-0.4, -0.2) is 15.0 Å². The fourth-order valence-electron chi connectivity index (χ4n) is 0.892. The van der Waals surface area contributed by atoms with Crippen molar-refractivity contribution in [1.29, 1.82) is 0 Å². The van der Waals surface area contributed by atoms with Crippen molar-refractivity contribution < 1.29 is 0 Å². The highest BCUT2D eigenvalue weighted by molar-refractivity contribution is 6.40. The van der Waals surface area contributed by atoms with Crippen molar-refractivity contribution in [1.82, 2.24) is 15.0 Å². The lowest BCUT2D eigenvalue weighted by atomic mass is 10.4. The van der Waals surface area contributed by atoms with E-state index in [0.717, 1.165) is 0 Å². The first kappa shape index (κ1) is 11.7. The number of nitrogens with zero attached hydrogens (tertiary/aromatic N) is 3. The molecule has 0 aliphatic carbocycles. The average molecular weight is 271 g/mol. The minimum absolute atomic E-state index is 0. The van der Waals surface area contributed by atoms with Gasteiger partial charge in [0, 0.05) is 6.07 Å². The first-order valence-electron chi connectivity index (χ1n) is 3.31. The van der Waals surface area contributed by atoms with Crippen LogP contribution in [0.2, 0.25) is 15.5 Å².